The van der Waals surface area contributed by atoms with Crippen LogP contribution in [-0.4, -0.2) is 42.1 Å². The predicted octanol–water partition coefficient (Wildman–Crippen LogP) is 3.25. The van der Waals surface area contributed by atoms with Crippen LogP contribution in [-0.2, 0) is 4.79 Å². The van der Waals surface area contributed by atoms with Crippen LogP contribution in [0.2, 0.25) is 5.02 Å². The lowest BCUT2D eigenvalue weighted by Gasteiger charge is -2.26. The molecule has 0 bridgehead atoms. The van der Waals surface area contributed by atoms with E-state index in [9.17, 15) is 22.8 Å². The quantitative estimate of drug-likeness (QED) is 0.846. The fourth-order valence-electron chi connectivity index (χ4n) is 2.69. The molecule has 1 saturated heterocycles. The number of benzene rings is 1. The smallest absolute Gasteiger partial charge is 0.345 e. The molecule has 1 fully saturated rings. The number of amides is 3. The number of rotatable bonds is 4. The van der Waals surface area contributed by atoms with Crippen LogP contribution >= 0.6 is 11.6 Å². The van der Waals surface area contributed by atoms with Crippen molar-refractivity contribution >= 4 is 23.5 Å². The van der Waals surface area contributed by atoms with E-state index in [1.807, 2.05) is 5.32 Å². The Labute approximate surface area is 148 Å². The number of hydrogen-bond donors (Lipinski definition) is 2. The second kappa shape index (κ2) is 7.95. The Morgan fingerprint density at radius 1 is 1.32 bits per heavy atom. The van der Waals surface area contributed by atoms with Gasteiger partial charge in [0, 0.05) is 11.6 Å². The summed E-state index contributed by atoms with van der Waals surface area (Å²) in [7, 11) is 0. The maximum absolute atomic E-state index is 12.4. The number of likely N-dealkylation sites (tertiary alicyclic amines) is 1. The molecule has 0 aliphatic carbocycles. The summed E-state index contributed by atoms with van der Waals surface area (Å²) in [6, 6.07) is 5.23. The minimum Gasteiger partial charge on any atom is -0.345 e. The molecular formula is C16H19ClF3N3O2. The van der Waals surface area contributed by atoms with Gasteiger partial charge in [-0.15, -0.1) is 0 Å². The van der Waals surface area contributed by atoms with Crippen LogP contribution in [0.25, 0.3) is 0 Å². The molecule has 0 aromatic heterocycles. The number of nitrogens with zero attached hydrogens (tertiary/aromatic N) is 1. The summed E-state index contributed by atoms with van der Waals surface area (Å²) >= 11 is 5.82. The summed E-state index contributed by atoms with van der Waals surface area (Å²) in [4.78, 5) is 25.6. The third-order valence-corrected chi connectivity index (χ3v) is 4.24. The molecule has 3 amide bonds. The highest BCUT2D eigenvalue weighted by Crippen LogP contribution is 2.21. The average molecular weight is 378 g/mol. The van der Waals surface area contributed by atoms with E-state index in [2.05, 4.69) is 5.32 Å². The van der Waals surface area contributed by atoms with Gasteiger partial charge in [0.2, 0.25) is 5.91 Å². The lowest BCUT2D eigenvalue weighted by molar-refractivity contribution is -0.140. The highest BCUT2D eigenvalue weighted by Gasteiger charge is 2.36. The summed E-state index contributed by atoms with van der Waals surface area (Å²) in [5.74, 6) is -0.788. The van der Waals surface area contributed by atoms with Gasteiger partial charge < -0.3 is 15.5 Å². The molecule has 138 valence electrons. The molecule has 25 heavy (non-hydrogen) atoms. The number of nitrogens with one attached hydrogen (secondary N) is 2. The summed E-state index contributed by atoms with van der Waals surface area (Å²) in [5, 5.41) is 5.17. The van der Waals surface area contributed by atoms with Gasteiger partial charge in [-0.2, -0.15) is 13.2 Å². The minimum atomic E-state index is -4.48. The van der Waals surface area contributed by atoms with E-state index < -0.39 is 30.7 Å². The number of carbonyl (C=O) groups excluding carboxylic acids is 2. The average Bonchev–Trinajstić information content (AvgIpc) is 3.02. The van der Waals surface area contributed by atoms with Crippen molar-refractivity contribution in [2.75, 3.05) is 13.1 Å². The molecule has 1 aliphatic heterocycles. The molecule has 2 N–H and O–H groups in total. The first-order valence-electron chi connectivity index (χ1n) is 7.84. The fraction of sp³-hybridized carbons (Fsp3) is 0.500. The SMILES string of the molecule is CC(NC(=O)N1CCCC1C(=O)NCC(F)(F)F)c1ccc(Cl)cc1. The molecule has 0 spiro atoms. The van der Waals surface area contributed by atoms with E-state index in [4.69, 9.17) is 11.6 Å². The topological polar surface area (TPSA) is 61.4 Å². The molecule has 1 aromatic rings. The lowest BCUT2D eigenvalue weighted by atomic mass is 10.1. The van der Waals surface area contributed by atoms with Gasteiger partial charge in [0.25, 0.3) is 0 Å². The molecule has 5 nitrogen and oxygen atoms in total. The normalized spacial score (nSPS) is 18.8. The zero-order valence-corrected chi connectivity index (χ0v) is 14.3. The van der Waals surface area contributed by atoms with Crippen molar-refractivity contribution in [1.82, 2.24) is 15.5 Å². The summed E-state index contributed by atoms with van der Waals surface area (Å²) in [5.41, 5.74) is 0.829. The Hall–Kier alpha value is -1.96. The monoisotopic (exact) mass is 377 g/mol. The zero-order valence-electron chi connectivity index (χ0n) is 13.6. The Kier molecular flexibility index (Phi) is 6.16. The molecule has 1 heterocycles. The Bertz CT molecular complexity index is 622. The van der Waals surface area contributed by atoms with Crippen LogP contribution < -0.4 is 10.6 Å². The number of carbonyl (C=O) groups is 2. The highest BCUT2D eigenvalue weighted by molar-refractivity contribution is 6.30. The Balaban J connectivity index is 1.95. The van der Waals surface area contributed by atoms with Crippen molar-refractivity contribution in [3.63, 3.8) is 0 Å². The van der Waals surface area contributed by atoms with Crippen LogP contribution in [0, 0.1) is 0 Å². The highest BCUT2D eigenvalue weighted by atomic mass is 35.5. The number of alkyl halides is 3. The van der Waals surface area contributed by atoms with Crippen molar-refractivity contribution in [2.24, 2.45) is 0 Å². The molecule has 2 unspecified atom stereocenters. The van der Waals surface area contributed by atoms with Gasteiger partial charge in [-0.1, -0.05) is 23.7 Å². The van der Waals surface area contributed by atoms with Crippen molar-refractivity contribution in [3.8, 4) is 0 Å². The van der Waals surface area contributed by atoms with E-state index in [-0.39, 0.29) is 6.04 Å². The third-order valence-electron chi connectivity index (χ3n) is 3.99. The maximum atomic E-state index is 12.4. The van der Waals surface area contributed by atoms with Crippen LogP contribution in [0.3, 0.4) is 0 Å². The first kappa shape index (κ1) is 19.4. The molecular weight excluding hydrogens is 359 g/mol. The Morgan fingerprint density at radius 3 is 2.56 bits per heavy atom. The molecule has 0 radical (unpaired) electrons. The molecule has 9 heteroatoms. The van der Waals surface area contributed by atoms with E-state index in [0.29, 0.717) is 24.4 Å². The van der Waals surface area contributed by atoms with Gasteiger partial charge in [-0.25, -0.2) is 4.79 Å². The van der Waals surface area contributed by atoms with Crippen LogP contribution in [0.1, 0.15) is 31.4 Å². The van der Waals surface area contributed by atoms with Gasteiger partial charge in [-0.3, -0.25) is 4.79 Å². The molecule has 2 rings (SSSR count). The number of urea groups is 1. The van der Waals surface area contributed by atoms with Gasteiger partial charge >= 0.3 is 12.2 Å². The standard InChI is InChI=1S/C16H19ClF3N3O2/c1-10(11-4-6-12(17)7-5-11)22-15(25)23-8-2-3-13(23)14(24)21-9-16(18,19)20/h4-7,10,13H,2-3,8-9H2,1H3,(H,21,24)(H,22,25). The van der Waals surface area contributed by atoms with E-state index in [1.54, 1.807) is 31.2 Å². The van der Waals surface area contributed by atoms with Crippen molar-refractivity contribution in [3.05, 3.63) is 34.9 Å². The number of halogens is 4. The minimum absolute atomic E-state index is 0.323. The van der Waals surface area contributed by atoms with E-state index in [1.165, 1.54) is 4.90 Å². The summed E-state index contributed by atoms with van der Waals surface area (Å²) in [6.07, 6.45) is -3.58. The lowest BCUT2D eigenvalue weighted by Crippen LogP contribution is -2.51. The number of hydrogen-bond acceptors (Lipinski definition) is 2. The van der Waals surface area contributed by atoms with Gasteiger partial charge in [0.1, 0.15) is 12.6 Å². The predicted molar refractivity (Wildman–Crippen MR) is 87.2 cm³/mol. The van der Waals surface area contributed by atoms with Gasteiger partial charge in [0.05, 0.1) is 6.04 Å². The molecule has 1 aromatic carbocycles. The van der Waals surface area contributed by atoms with Crippen molar-refractivity contribution in [2.45, 2.75) is 38.0 Å². The van der Waals surface area contributed by atoms with Gasteiger partial charge in [0.15, 0.2) is 0 Å². The molecule has 2 atom stereocenters. The first-order valence-corrected chi connectivity index (χ1v) is 8.22. The fourth-order valence-corrected chi connectivity index (χ4v) is 2.82. The second-order valence-corrected chi connectivity index (χ2v) is 6.34. The van der Waals surface area contributed by atoms with Crippen LogP contribution in [0.4, 0.5) is 18.0 Å². The van der Waals surface area contributed by atoms with Crippen LogP contribution in [0.15, 0.2) is 24.3 Å². The van der Waals surface area contributed by atoms with E-state index in [0.717, 1.165) is 5.56 Å². The second-order valence-electron chi connectivity index (χ2n) is 5.91. The zero-order chi connectivity index (χ0) is 18.6. The maximum Gasteiger partial charge on any atom is 0.405 e. The van der Waals surface area contributed by atoms with Crippen molar-refractivity contribution < 1.29 is 22.8 Å². The molecule has 1 aliphatic rings. The summed E-state index contributed by atoms with van der Waals surface area (Å²) < 4.78 is 36.7. The molecule has 0 saturated carbocycles. The van der Waals surface area contributed by atoms with E-state index >= 15 is 0 Å². The van der Waals surface area contributed by atoms with Gasteiger partial charge in [-0.05, 0) is 37.5 Å². The Morgan fingerprint density at radius 2 is 1.96 bits per heavy atom. The summed E-state index contributed by atoms with van der Waals surface area (Å²) in [6.45, 7) is 0.693. The third kappa shape index (κ3) is 5.52. The van der Waals surface area contributed by atoms with Crippen molar-refractivity contribution in [1.29, 1.82) is 0 Å². The largest absolute Gasteiger partial charge is 0.405 e. The first-order chi connectivity index (χ1) is 11.7. The van der Waals surface area contributed by atoms with Crippen LogP contribution in [0.5, 0.6) is 0 Å².